The topological polar surface area (TPSA) is 55.6 Å². The van der Waals surface area contributed by atoms with Gasteiger partial charge in [-0.05, 0) is 19.1 Å². The van der Waals surface area contributed by atoms with Crippen molar-refractivity contribution in [2.24, 2.45) is 0 Å². The quantitative estimate of drug-likeness (QED) is 0.737. The average molecular weight is 309 g/mol. The first-order chi connectivity index (χ1) is 11.2. The van der Waals surface area contributed by atoms with Crippen molar-refractivity contribution in [3.63, 3.8) is 0 Å². The van der Waals surface area contributed by atoms with Crippen molar-refractivity contribution in [1.82, 2.24) is 14.7 Å². The monoisotopic (exact) mass is 309 g/mol. The van der Waals surface area contributed by atoms with Crippen molar-refractivity contribution >= 4 is 11.6 Å². The van der Waals surface area contributed by atoms with Gasteiger partial charge < -0.3 is 10.1 Å². The van der Waals surface area contributed by atoms with Crippen molar-refractivity contribution in [3.05, 3.63) is 59.9 Å². The predicted octanol–water partition coefficient (Wildman–Crippen LogP) is 2.69. The zero-order chi connectivity index (χ0) is 16.2. The number of carbonyl (C=O) groups is 1. The van der Waals surface area contributed by atoms with Gasteiger partial charge in [0.15, 0.2) is 5.69 Å². The van der Waals surface area contributed by atoms with Crippen molar-refractivity contribution in [2.75, 3.05) is 20.3 Å². The molecule has 0 aliphatic rings. The highest BCUT2D eigenvalue weighted by atomic mass is 16.5. The molecule has 1 aromatic carbocycles. The molecule has 0 spiro atoms. The van der Waals surface area contributed by atoms with Crippen LogP contribution < -0.4 is 5.32 Å². The molecule has 0 aliphatic carbocycles. The van der Waals surface area contributed by atoms with Gasteiger partial charge in [0.2, 0.25) is 0 Å². The van der Waals surface area contributed by atoms with E-state index in [1.54, 1.807) is 7.11 Å². The Hall–Kier alpha value is -2.66. The highest BCUT2D eigenvalue weighted by Crippen LogP contribution is 2.25. The highest BCUT2D eigenvalue weighted by Gasteiger charge is 2.19. The average Bonchev–Trinajstić information content (AvgIpc) is 2.95. The Morgan fingerprint density at radius 1 is 1.22 bits per heavy atom. The molecule has 0 unspecified atom stereocenters. The summed E-state index contributed by atoms with van der Waals surface area (Å²) >= 11 is 0. The maximum absolute atomic E-state index is 12.5. The molecule has 3 aromatic rings. The number of amides is 1. The minimum Gasteiger partial charge on any atom is -0.383 e. The van der Waals surface area contributed by atoms with E-state index >= 15 is 0 Å². The molecule has 5 heteroatoms. The van der Waals surface area contributed by atoms with Gasteiger partial charge in [0.05, 0.1) is 12.3 Å². The van der Waals surface area contributed by atoms with Gasteiger partial charge in [-0.25, -0.2) is 4.98 Å². The molecule has 3 rings (SSSR count). The van der Waals surface area contributed by atoms with E-state index in [1.165, 1.54) is 5.56 Å². The summed E-state index contributed by atoms with van der Waals surface area (Å²) in [4.78, 5) is 17.0. The number of ether oxygens (including phenoxy) is 1. The molecule has 2 aromatic heterocycles. The van der Waals surface area contributed by atoms with Crippen molar-refractivity contribution < 1.29 is 9.53 Å². The molecule has 118 valence electrons. The smallest absolute Gasteiger partial charge is 0.272 e. The molecule has 0 bridgehead atoms. The molecule has 5 nitrogen and oxygen atoms in total. The summed E-state index contributed by atoms with van der Waals surface area (Å²) in [5.74, 6) is -0.193. The second-order valence-corrected chi connectivity index (χ2v) is 5.35. The Labute approximate surface area is 134 Å². The van der Waals surface area contributed by atoms with Crippen molar-refractivity contribution in [2.45, 2.75) is 6.92 Å². The second kappa shape index (κ2) is 6.62. The van der Waals surface area contributed by atoms with E-state index < -0.39 is 0 Å². The van der Waals surface area contributed by atoms with Crippen LogP contribution in [0.5, 0.6) is 0 Å². The molecule has 1 N–H and O–H groups in total. The minimum atomic E-state index is -0.193. The lowest BCUT2D eigenvalue weighted by Crippen LogP contribution is -2.27. The van der Waals surface area contributed by atoms with Gasteiger partial charge in [0.1, 0.15) is 5.65 Å². The van der Waals surface area contributed by atoms with Crippen LogP contribution >= 0.6 is 0 Å². The van der Waals surface area contributed by atoms with Gasteiger partial charge >= 0.3 is 0 Å². The van der Waals surface area contributed by atoms with Gasteiger partial charge in [-0.15, -0.1) is 0 Å². The fourth-order valence-corrected chi connectivity index (χ4v) is 2.49. The van der Waals surface area contributed by atoms with Crippen LogP contribution in [-0.2, 0) is 4.74 Å². The van der Waals surface area contributed by atoms with Crippen LogP contribution in [0.25, 0.3) is 16.9 Å². The first-order valence-electron chi connectivity index (χ1n) is 7.52. The first-order valence-corrected chi connectivity index (χ1v) is 7.52. The number of benzene rings is 1. The summed E-state index contributed by atoms with van der Waals surface area (Å²) in [7, 11) is 1.61. The lowest BCUT2D eigenvalue weighted by atomic mass is 10.1. The Kier molecular flexibility index (Phi) is 4.39. The molecule has 0 radical (unpaired) electrons. The van der Waals surface area contributed by atoms with Crippen LogP contribution in [0.2, 0.25) is 0 Å². The number of nitrogens with one attached hydrogen (secondary N) is 1. The maximum Gasteiger partial charge on any atom is 0.272 e. The molecule has 0 aliphatic heterocycles. The standard InChI is InChI=1S/C18H19N3O2/c1-13-6-8-14(9-7-13)17-16(18(22)19-10-12-23-2)20-15-5-3-4-11-21(15)17/h3-9,11H,10,12H2,1-2H3,(H,19,22). The fraction of sp³-hybridized carbons (Fsp3) is 0.222. The molecule has 0 fully saturated rings. The third-order valence-corrected chi connectivity index (χ3v) is 3.66. The molecular weight excluding hydrogens is 290 g/mol. The largest absolute Gasteiger partial charge is 0.383 e. The summed E-state index contributed by atoms with van der Waals surface area (Å²) in [6.45, 7) is 2.96. The van der Waals surface area contributed by atoms with Crippen LogP contribution in [0.1, 0.15) is 16.1 Å². The van der Waals surface area contributed by atoms with Crippen LogP contribution in [0.3, 0.4) is 0 Å². The molecule has 0 saturated heterocycles. The number of aryl methyl sites for hydroxylation is 1. The van der Waals surface area contributed by atoms with Crippen LogP contribution in [0, 0.1) is 6.92 Å². The number of hydrogen-bond acceptors (Lipinski definition) is 3. The SMILES string of the molecule is COCCNC(=O)c1nc2ccccn2c1-c1ccc(C)cc1. The fourth-order valence-electron chi connectivity index (χ4n) is 2.49. The molecule has 1 amide bonds. The van der Waals surface area contributed by atoms with E-state index in [4.69, 9.17) is 4.74 Å². The molecule has 23 heavy (non-hydrogen) atoms. The number of fused-ring (bicyclic) bond motifs is 1. The minimum absolute atomic E-state index is 0.193. The molecular formula is C18H19N3O2. The summed E-state index contributed by atoms with van der Waals surface area (Å²) < 4.78 is 6.92. The third-order valence-electron chi connectivity index (χ3n) is 3.66. The van der Waals surface area contributed by atoms with E-state index in [-0.39, 0.29) is 5.91 Å². The third kappa shape index (κ3) is 3.10. The predicted molar refractivity (Wildman–Crippen MR) is 89.6 cm³/mol. The second-order valence-electron chi connectivity index (χ2n) is 5.35. The number of hydrogen-bond donors (Lipinski definition) is 1. The summed E-state index contributed by atoms with van der Waals surface area (Å²) in [6, 6.07) is 13.8. The van der Waals surface area contributed by atoms with Gasteiger partial charge in [-0.3, -0.25) is 9.20 Å². The Bertz CT molecular complexity index is 822. The van der Waals surface area contributed by atoms with Crippen LogP contribution in [0.15, 0.2) is 48.7 Å². The number of aromatic nitrogens is 2. The summed E-state index contributed by atoms with van der Waals surface area (Å²) in [5, 5.41) is 2.84. The van der Waals surface area contributed by atoms with E-state index in [9.17, 15) is 4.79 Å². The van der Waals surface area contributed by atoms with E-state index in [1.807, 2.05) is 60.0 Å². The molecule has 0 atom stereocenters. The zero-order valence-electron chi connectivity index (χ0n) is 13.2. The van der Waals surface area contributed by atoms with E-state index in [2.05, 4.69) is 10.3 Å². The lowest BCUT2D eigenvalue weighted by Gasteiger charge is -2.07. The number of imidazole rings is 1. The lowest BCUT2D eigenvalue weighted by molar-refractivity contribution is 0.0933. The zero-order valence-corrected chi connectivity index (χ0v) is 13.2. The van der Waals surface area contributed by atoms with Crippen LogP contribution in [0.4, 0.5) is 0 Å². The normalized spacial score (nSPS) is 10.9. The summed E-state index contributed by atoms with van der Waals surface area (Å²) in [6.07, 6.45) is 1.92. The Balaban J connectivity index is 2.08. The number of rotatable bonds is 5. The highest BCUT2D eigenvalue weighted by molar-refractivity contribution is 5.99. The van der Waals surface area contributed by atoms with E-state index in [0.717, 1.165) is 16.9 Å². The Morgan fingerprint density at radius 3 is 2.74 bits per heavy atom. The number of carbonyl (C=O) groups excluding carboxylic acids is 1. The number of nitrogens with zero attached hydrogens (tertiary/aromatic N) is 2. The molecule has 2 heterocycles. The van der Waals surface area contributed by atoms with Crippen molar-refractivity contribution in [1.29, 1.82) is 0 Å². The van der Waals surface area contributed by atoms with Gasteiger partial charge in [-0.2, -0.15) is 0 Å². The van der Waals surface area contributed by atoms with Gasteiger partial charge in [0, 0.05) is 25.4 Å². The van der Waals surface area contributed by atoms with Gasteiger partial charge in [0.25, 0.3) is 5.91 Å². The number of pyridine rings is 1. The molecule has 0 saturated carbocycles. The summed E-state index contributed by atoms with van der Waals surface area (Å²) in [5.41, 5.74) is 4.12. The van der Waals surface area contributed by atoms with E-state index in [0.29, 0.717) is 18.8 Å². The number of methoxy groups -OCH3 is 1. The van der Waals surface area contributed by atoms with Gasteiger partial charge in [-0.1, -0.05) is 35.9 Å². The first kappa shape index (κ1) is 15.2. The van der Waals surface area contributed by atoms with Crippen molar-refractivity contribution in [3.8, 4) is 11.3 Å². The van der Waals surface area contributed by atoms with Crippen LogP contribution in [-0.4, -0.2) is 35.6 Å². The Morgan fingerprint density at radius 2 is 2.00 bits per heavy atom. The maximum atomic E-state index is 12.5.